The number of rotatable bonds is 4. The van der Waals surface area contributed by atoms with Crippen molar-refractivity contribution in [2.75, 3.05) is 18.8 Å². The lowest BCUT2D eigenvalue weighted by molar-refractivity contribution is 0.0775. The van der Waals surface area contributed by atoms with Gasteiger partial charge in [0.05, 0.1) is 16.9 Å². The van der Waals surface area contributed by atoms with E-state index in [0.717, 1.165) is 16.6 Å². The van der Waals surface area contributed by atoms with Crippen molar-refractivity contribution in [2.24, 2.45) is 5.92 Å². The summed E-state index contributed by atoms with van der Waals surface area (Å²) in [7, 11) is 0. The highest BCUT2D eigenvalue weighted by Gasteiger charge is 2.28. The number of carbonyl (C=O) groups is 1. The number of pyridine rings is 1. The maximum Gasteiger partial charge on any atom is 0.266 e. The van der Waals surface area contributed by atoms with Crippen LogP contribution in [-0.4, -0.2) is 28.9 Å². The first-order chi connectivity index (χ1) is 9.70. The number of nitrogens with zero attached hydrogens (tertiary/aromatic N) is 2. The highest BCUT2D eigenvalue weighted by Crippen LogP contribution is 2.35. The summed E-state index contributed by atoms with van der Waals surface area (Å²) in [6.45, 7) is 1.07. The smallest absolute Gasteiger partial charge is 0.266 e. The highest BCUT2D eigenvalue weighted by atomic mass is 32.1. The summed E-state index contributed by atoms with van der Waals surface area (Å²) in [5.41, 5.74) is 6.64. The predicted octanol–water partition coefficient (Wildman–Crippen LogP) is 2.36. The van der Waals surface area contributed by atoms with Gasteiger partial charge in [0.15, 0.2) is 0 Å². The van der Waals surface area contributed by atoms with E-state index in [1.54, 1.807) is 17.3 Å². The predicted molar refractivity (Wildman–Crippen MR) is 81.5 cm³/mol. The lowest BCUT2D eigenvalue weighted by Gasteiger charge is -2.19. The molecule has 2 N–H and O–H groups in total. The summed E-state index contributed by atoms with van der Waals surface area (Å²) in [5.74, 6) is 3.10. The van der Waals surface area contributed by atoms with Crippen molar-refractivity contribution in [2.45, 2.75) is 12.8 Å². The van der Waals surface area contributed by atoms with Crippen LogP contribution in [0.1, 0.15) is 22.5 Å². The van der Waals surface area contributed by atoms with Crippen LogP contribution in [0.4, 0.5) is 5.69 Å². The topological polar surface area (TPSA) is 59.2 Å². The lowest BCUT2D eigenvalue weighted by Crippen LogP contribution is -2.33. The van der Waals surface area contributed by atoms with Gasteiger partial charge in [-0.2, -0.15) is 0 Å². The Morgan fingerprint density at radius 3 is 3.05 bits per heavy atom. The Balaban J connectivity index is 1.93. The van der Waals surface area contributed by atoms with Gasteiger partial charge in [-0.25, -0.2) is 0 Å². The summed E-state index contributed by atoms with van der Waals surface area (Å²) in [6.07, 6.45) is 11.2. The molecule has 1 amide bonds. The molecule has 1 aliphatic rings. The first-order valence-corrected chi connectivity index (χ1v) is 7.37. The Morgan fingerprint density at radius 1 is 1.60 bits per heavy atom. The number of nitrogen functional groups attached to an aromatic ring is 1. The molecule has 102 valence electrons. The highest BCUT2D eigenvalue weighted by molar-refractivity contribution is 7.21. The molecule has 0 radical (unpaired) electrons. The standard InChI is InChI=1S/C15H15N3OS/c1-2-7-18(9-10-3-4-10)15(19)14-13(16)11-5-6-17-8-12(11)20-14/h1,5-6,8,10H,3-4,7,9,16H2. The van der Waals surface area contributed by atoms with Gasteiger partial charge in [-0.05, 0) is 24.8 Å². The molecule has 3 rings (SSSR count). The zero-order chi connectivity index (χ0) is 14.1. The number of carbonyl (C=O) groups excluding carboxylic acids is 1. The molecule has 1 fully saturated rings. The van der Waals surface area contributed by atoms with Gasteiger partial charge in [-0.1, -0.05) is 5.92 Å². The van der Waals surface area contributed by atoms with E-state index < -0.39 is 0 Å². The molecule has 5 heteroatoms. The third kappa shape index (κ3) is 2.35. The van der Waals surface area contributed by atoms with Gasteiger partial charge >= 0.3 is 0 Å². The van der Waals surface area contributed by atoms with E-state index in [-0.39, 0.29) is 5.91 Å². The zero-order valence-corrected chi connectivity index (χ0v) is 11.8. The van der Waals surface area contributed by atoms with Crippen molar-refractivity contribution in [3.05, 3.63) is 23.3 Å². The Morgan fingerprint density at radius 2 is 2.40 bits per heavy atom. The number of hydrogen-bond donors (Lipinski definition) is 1. The van der Waals surface area contributed by atoms with E-state index in [0.29, 0.717) is 23.0 Å². The quantitative estimate of drug-likeness (QED) is 0.877. The molecule has 4 nitrogen and oxygen atoms in total. The van der Waals surface area contributed by atoms with E-state index >= 15 is 0 Å². The second-order valence-corrected chi connectivity index (χ2v) is 6.10. The molecular weight excluding hydrogens is 270 g/mol. The van der Waals surface area contributed by atoms with Crippen LogP contribution in [0.2, 0.25) is 0 Å². The van der Waals surface area contributed by atoms with E-state index in [4.69, 9.17) is 12.2 Å². The minimum absolute atomic E-state index is 0.0615. The second kappa shape index (κ2) is 5.14. The number of hydrogen-bond acceptors (Lipinski definition) is 4. The van der Waals surface area contributed by atoms with Crippen molar-refractivity contribution in [3.63, 3.8) is 0 Å². The molecule has 0 atom stereocenters. The summed E-state index contributed by atoms with van der Waals surface area (Å²) in [5, 5.41) is 0.889. The van der Waals surface area contributed by atoms with Crippen LogP contribution in [0.25, 0.3) is 10.1 Å². The molecule has 2 aromatic rings. The lowest BCUT2D eigenvalue weighted by atomic mass is 10.2. The summed E-state index contributed by atoms with van der Waals surface area (Å²) < 4.78 is 0.931. The van der Waals surface area contributed by atoms with E-state index in [2.05, 4.69) is 10.9 Å². The Kier molecular flexibility index (Phi) is 3.33. The fourth-order valence-corrected chi connectivity index (χ4v) is 3.27. The van der Waals surface area contributed by atoms with Crippen LogP contribution >= 0.6 is 11.3 Å². The Bertz CT molecular complexity index is 697. The molecule has 20 heavy (non-hydrogen) atoms. The van der Waals surface area contributed by atoms with E-state index in [9.17, 15) is 4.79 Å². The number of anilines is 1. The van der Waals surface area contributed by atoms with Gasteiger partial charge in [0, 0.05) is 24.3 Å². The van der Waals surface area contributed by atoms with Gasteiger partial charge in [0.2, 0.25) is 0 Å². The van der Waals surface area contributed by atoms with Crippen LogP contribution in [0.3, 0.4) is 0 Å². The number of amides is 1. The third-order valence-corrected chi connectivity index (χ3v) is 4.61. The normalized spacial score (nSPS) is 14.2. The first-order valence-electron chi connectivity index (χ1n) is 6.55. The van der Waals surface area contributed by atoms with Crippen molar-refractivity contribution in [1.29, 1.82) is 0 Å². The number of terminal acetylenes is 1. The van der Waals surface area contributed by atoms with Crippen LogP contribution in [0.5, 0.6) is 0 Å². The van der Waals surface area contributed by atoms with Crippen LogP contribution < -0.4 is 5.73 Å². The fraction of sp³-hybridized carbons (Fsp3) is 0.333. The maximum atomic E-state index is 12.6. The van der Waals surface area contributed by atoms with Crippen LogP contribution in [0.15, 0.2) is 18.5 Å². The van der Waals surface area contributed by atoms with Crippen molar-refractivity contribution >= 4 is 33.0 Å². The summed E-state index contributed by atoms with van der Waals surface area (Å²) in [4.78, 5) is 19.0. The molecule has 1 saturated carbocycles. The average Bonchev–Trinajstić information content (AvgIpc) is 3.21. The number of fused-ring (bicyclic) bond motifs is 1. The van der Waals surface area contributed by atoms with Crippen molar-refractivity contribution < 1.29 is 4.79 Å². The fourth-order valence-electron chi connectivity index (χ4n) is 2.22. The molecule has 2 heterocycles. The molecule has 0 spiro atoms. The van der Waals surface area contributed by atoms with Crippen LogP contribution in [0, 0.1) is 18.3 Å². The van der Waals surface area contributed by atoms with E-state index in [1.807, 2.05) is 6.07 Å². The van der Waals surface area contributed by atoms with Gasteiger partial charge in [-0.3, -0.25) is 9.78 Å². The molecule has 0 aromatic carbocycles. The maximum absolute atomic E-state index is 12.6. The second-order valence-electron chi connectivity index (χ2n) is 5.05. The number of nitrogens with two attached hydrogens (primary N) is 1. The number of thiophene rings is 1. The average molecular weight is 285 g/mol. The monoisotopic (exact) mass is 285 g/mol. The summed E-state index contributed by atoms with van der Waals surface area (Å²) in [6, 6.07) is 1.84. The van der Waals surface area contributed by atoms with Gasteiger partial charge in [-0.15, -0.1) is 17.8 Å². The minimum Gasteiger partial charge on any atom is -0.397 e. The number of aromatic nitrogens is 1. The molecule has 0 bridgehead atoms. The summed E-state index contributed by atoms with van der Waals surface area (Å²) >= 11 is 1.39. The largest absolute Gasteiger partial charge is 0.397 e. The molecule has 0 unspecified atom stereocenters. The molecular formula is C15H15N3OS. The van der Waals surface area contributed by atoms with Crippen molar-refractivity contribution in [3.8, 4) is 12.3 Å². The Hall–Kier alpha value is -2.06. The van der Waals surface area contributed by atoms with Gasteiger partial charge in [0.1, 0.15) is 4.88 Å². The van der Waals surface area contributed by atoms with Crippen molar-refractivity contribution in [1.82, 2.24) is 9.88 Å². The Labute approximate surface area is 121 Å². The molecule has 0 aliphatic heterocycles. The molecule has 2 aromatic heterocycles. The minimum atomic E-state index is -0.0615. The first kappa shape index (κ1) is 12.9. The van der Waals surface area contributed by atoms with E-state index in [1.165, 1.54) is 24.2 Å². The van der Waals surface area contributed by atoms with Gasteiger partial charge in [0.25, 0.3) is 5.91 Å². The van der Waals surface area contributed by atoms with Crippen LogP contribution in [-0.2, 0) is 0 Å². The molecule has 1 aliphatic carbocycles. The SMILES string of the molecule is C#CCN(CC1CC1)C(=O)c1sc2cnccc2c1N. The van der Waals surface area contributed by atoms with Gasteiger partial charge < -0.3 is 10.6 Å². The zero-order valence-electron chi connectivity index (χ0n) is 11.0. The third-order valence-electron chi connectivity index (χ3n) is 3.47. The molecule has 0 saturated heterocycles.